The summed E-state index contributed by atoms with van der Waals surface area (Å²) in [6, 6.07) is 4.03. The molecule has 1 heterocycles. The molecule has 5 nitrogen and oxygen atoms in total. The number of hydrogen-bond donors (Lipinski definition) is 1. The number of halogens is 1. The van der Waals surface area contributed by atoms with Gasteiger partial charge in [-0.2, -0.15) is 4.31 Å². The summed E-state index contributed by atoms with van der Waals surface area (Å²) in [5.74, 6) is -0.810. The van der Waals surface area contributed by atoms with E-state index in [9.17, 15) is 13.2 Å². The highest BCUT2D eigenvalue weighted by atomic mass is 79.9. The number of rotatable bonds is 3. The maximum atomic E-state index is 12.5. The van der Waals surface area contributed by atoms with E-state index in [1.807, 2.05) is 6.92 Å². The van der Waals surface area contributed by atoms with Crippen LogP contribution in [0, 0.1) is 5.92 Å². The molecule has 0 radical (unpaired) electrons. The maximum absolute atomic E-state index is 12.5. The van der Waals surface area contributed by atoms with Crippen LogP contribution in [0.4, 0.5) is 0 Å². The Morgan fingerprint density at radius 3 is 2.68 bits per heavy atom. The lowest BCUT2D eigenvalue weighted by Gasteiger charge is -2.17. The third kappa shape index (κ3) is 2.82. The third-order valence-electron chi connectivity index (χ3n) is 3.18. The fourth-order valence-corrected chi connectivity index (χ4v) is 4.61. The molecule has 0 spiro atoms. The lowest BCUT2D eigenvalue weighted by Crippen LogP contribution is -2.29. The topological polar surface area (TPSA) is 74.7 Å². The maximum Gasteiger partial charge on any atom is 0.335 e. The van der Waals surface area contributed by atoms with Crippen LogP contribution in [-0.4, -0.2) is 36.9 Å². The molecule has 1 aromatic rings. The molecule has 0 aliphatic carbocycles. The Balaban J connectivity index is 2.45. The molecule has 0 bridgehead atoms. The average molecular weight is 348 g/mol. The van der Waals surface area contributed by atoms with Crippen LogP contribution in [0.1, 0.15) is 23.7 Å². The second-order valence-corrected chi connectivity index (χ2v) is 7.47. The van der Waals surface area contributed by atoms with E-state index in [-0.39, 0.29) is 10.5 Å². The Labute approximate surface area is 120 Å². The molecule has 104 valence electrons. The van der Waals surface area contributed by atoms with Crippen LogP contribution in [0.3, 0.4) is 0 Å². The number of aromatic carboxylic acids is 1. The van der Waals surface area contributed by atoms with Gasteiger partial charge < -0.3 is 5.11 Å². The van der Waals surface area contributed by atoms with Gasteiger partial charge in [-0.3, -0.25) is 0 Å². The van der Waals surface area contributed by atoms with Crippen molar-refractivity contribution in [2.75, 3.05) is 13.1 Å². The van der Waals surface area contributed by atoms with Crippen LogP contribution in [0.2, 0.25) is 0 Å². The van der Waals surface area contributed by atoms with E-state index < -0.39 is 16.0 Å². The van der Waals surface area contributed by atoms with Crippen molar-refractivity contribution in [3.05, 3.63) is 28.2 Å². The summed E-state index contributed by atoms with van der Waals surface area (Å²) in [6.45, 7) is 2.96. The minimum absolute atomic E-state index is 0.0153. The van der Waals surface area contributed by atoms with Crippen LogP contribution in [0.25, 0.3) is 0 Å². The normalized spacial score (nSPS) is 20.6. The van der Waals surface area contributed by atoms with Crippen LogP contribution >= 0.6 is 15.9 Å². The summed E-state index contributed by atoms with van der Waals surface area (Å²) in [6.07, 6.45) is 0.829. The first-order chi connectivity index (χ1) is 8.82. The molecule has 7 heteroatoms. The number of carboxylic acids is 1. The van der Waals surface area contributed by atoms with Crippen molar-refractivity contribution in [3.8, 4) is 0 Å². The zero-order valence-corrected chi connectivity index (χ0v) is 12.7. The summed E-state index contributed by atoms with van der Waals surface area (Å²) >= 11 is 3.18. The molecule has 1 unspecified atom stereocenters. The van der Waals surface area contributed by atoms with Crippen molar-refractivity contribution in [3.63, 3.8) is 0 Å². The standard InChI is InChI=1S/C12H14BrNO4S/c1-8-4-5-14(7-8)19(17,18)11-6-9(12(15)16)2-3-10(11)13/h2-3,6,8H,4-5,7H2,1H3,(H,15,16). The van der Waals surface area contributed by atoms with E-state index >= 15 is 0 Å². The fourth-order valence-electron chi connectivity index (χ4n) is 2.09. The molecular formula is C12H14BrNO4S. The zero-order valence-electron chi connectivity index (χ0n) is 10.3. The summed E-state index contributed by atoms with van der Waals surface area (Å²) in [5, 5.41) is 8.95. The van der Waals surface area contributed by atoms with E-state index in [0.29, 0.717) is 23.5 Å². The molecule has 1 N–H and O–H groups in total. The van der Waals surface area contributed by atoms with Gasteiger partial charge in [0.05, 0.1) is 10.5 Å². The van der Waals surface area contributed by atoms with Gasteiger partial charge in [0.2, 0.25) is 10.0 Å². The first-order valence-corrected chi connectivity index (χ1v) is 8.08. The van der Waals surface area contributed by atoms with E-state index in [1.54, 1.807) is 0 Å². The molecule has 1 atom stereocenters. The molecule has 19 heavy (non-hydrogen) atoms. The van der Waals surface area contributed by atoms with Crippen LogP contribution in [0.5, 0.6) is 0 Å². The molecule has 1 aliphatic rings. The SMILES string of the molecule is CC1CCN(S(=O)(=O)c2cc(C(=O)O)ccc2Br)C1. The fraction of sp³-hybridized carbons (Fsp3) is 0.417. The Hall–Kier alpha value is -0.920. The average Bonchev–Trinajstić information content (AvgIpc) is 2.76. The Morgan fingerprint density at radius 2 is 2.16 bits per heavy atom. The van der Waals surface area contributed by atoms with Crippen molar-refractivity contribution in [2.45, 2.75) is 18.2 Å². The van der Waals surface area contributed by atoms with Crippen molar-refractivity contribution in [1.82, 2.24) is 4.31 Å². The number of carbonyl (C=O) groups is 1. The molecular weight excluding hydrogens is 334 g/mol. The first-order valence-electron chi connectivity index (χ1n) is 5.85. The van der Waals surface area contributed by atoms with Gasteiger partial charge in [-0.1, -0.05) is 6.92 Å². The van der Waals surface area contributed by atoms with E-state index in [4.69, 9.17) is 5.11 Å². The largest absolute Gasteiger partial charge is 0.478 e. The van der Waals surface area contributed by atoms with Gasteiger partial charge in [0.25, 0.3) is 0 Å². The quantitative estimate of drug-likeness (QED) is 0.909. The Bertz CT molecular complexity index is 614. The van der Waals surface area contributed by atoms with Crippen LogP contribution in [-0.2, 0) is 10.0 Å². The van der Waals surface area contributed by atoms with Gasteiger partial charge in [0.1, 0.15) is 0 Å². The lowest BCUT2D eigenvalue weighted by atomic mass is 10.2. The Morgan fingerprint density at radius 1 is 1.47 bits per heavy atom. The van der Waals surface area contributed by atoms with Gasteiger partial charge in [0.15, 0.2) is 0 Å². The first kappa shape index (κ1) is 14.5. The van der Waals surface area contributed by atoms with Crippen molar-refractivity contribution >= 4 is 31.9 Å². The highest BCUT2D eigenvalue weighted by Gasteiger charge is 2.32. The molecule has 0 aromatic heterocycles. The molecule has 0 amide bonds. The van der Waals surface area contributed by atoms with Gasteiger partial charge in [-0.15, -0.1) is 0 Å². The molecule has 1 saturated heterocycles. The monoisotopic (exact) mass is 347 g/mol. The van der Waals surface area contributed by atoms with Gasteiger partial charge in [-0.05, 0) is 46.5 Å². The predicted molar refractivity (Wildman–Crippen MR) is 73.6 cm³/mol. The van der Waals surface area contributed by atoms with Gasteiger partial charge in [-0.25, -0.2) is 13.2 Å². The van der Waals surface area contributed by atoms with Crippen molar-refractivity contribution in [2.24, 2.45) is 5.92 Å². The number of benzene rings is 1. The third-order valence-corrected chi connectivity index (χ3v) is 6.04. The summed E-state index contributed by atoms with van der Waals surface area (Å²) < 4.78 is 26.7. The van der Waals surface area contributed by atoms with Gasteiger partial charge in [0, 0.05) is 17.6 Å². The Kier molecular flexibility index (Phi) is 3.98. The number of hydrogen-bond acceptors (Lipinski definition) is 3. The smallest absolute Gasteiger partial charge is 0.335 e. The van der Waals surface area contributed by atoms with E-state index in [1.165, 1.54) is 22.5 Å². The minimum Gasteiger partial charge on any atom is -0.478 e. The zero-order chi connectivity index (χ0) is 14.2. The van der Waals surface area contributed by atoms with E-state index in [2.05, 4.69) is 15.9 Å². The van der Waals surface area contributed by atoms with Crippen molar-refractivity contribution in [1.29, 1.82) is 0 Å². The number of carboxylic acid groups (broad SMARTS) is 1. The van der Waals surface area contributed by atoms with E-state index in [0.717, 1.165) is 6.42 Å². The van der Waals surface area contributed by atoms with Crippen LogP contribution < -0.4 is 0 Å². The van der Waals surface area contributed by atoms with Gasteiger partial charge >= 0.3 is 5.97 Å². The highest BCUT2D eigenvalue weighted by molar-refractivity contribution is 9.10. The number of sulfonamides is 1. The highest BCUT2D eigenvalue weighted by Crippen LogP contribution is 2.29. The molecule has 1 fully saturated rings. The second kappa shape index (κ2) is 5.22. The number of nitrogens with zero attached hydrogens (tertiary/aromatic N) is 1. The summed E-state index contributed by atoms with van der Waals surface area (Å²) in [7, 11) is -3.64. The summed E-state index contributed by atoms with van der Waals surface area (Å²) in [5.41, 5.74) is -0.0333. The summed E-state index contributed by atoms with van der Waals surface area (Å²) in [4.78, 5) is 11.0. The molecule has 2 rings (SSSR count). The molecule has 1 aromatic carbocycles. The lowest BCUT2D eigenvalue weighted by molar-refractivity contribution is 0.0696. The minimum atomic E-state index is -3.64. The molecule has 0 saturated carbocycles. The van der Waals surface area contributed by atoms with Crippen LogP contribution in [0.15, 0.2) is 27.6 Å². The second-order valence-electron chi connectivity index (χ2n) is 4.71. The molecule has 1 aliphatic heterocycles. The van der Waals surface area contributed by atoms with Crippen molar-refractivity contribution < 1.29 is 18.3 Å². The predicted octanol–water partition coefficient (Wildman–Crippen LogP) is 2.18.